The Balaban J connectivity index is 2.56. The van der Waals surface area contributed by atoms with Crippen LogP contribution in [0.2, 0.25) is 0 Å². The van der Waals surface area contributed by atoms with Gasteiger partial charge in [0.2, 0.25) is 0 Å². The molecule has 1 aliphatic heterocycles. The topological polar surface area (TPSA) is 43.4 Å². The van der Waals surface area contributed by atoms with E-state index in [1.54, 1.807) is 0 Å². The highest BCUT2D eigenvalue weighted by Gasteiger charge is 2.26. The van der Waals surface area contributed by atoms with Gasteiger partial charge in [-0.2, -0.15) is 8.42 Å². The maximum absolute atomic E-state index is 12.2. The Morgan fingerprint density at radius 3 is 2.10 bits per heavy atom. The second-order valence-corrected chi connectivity index (χ2v) is 3.91. The van der Waals surface area contributed by atoms with Gasteiger partial charge in [-0.05, 0) is 12.8 Å². The molecule has 1 heterocycles. The minimum atomic E-state index is -4.31. The molecule has 1 rings (SSSR count). The minimum Gasteiger partial charge on any atom is -0.381 e. The first kappa shape index (κ1) is 7.94. The van der Waals surface area contributed by atoms with E-state index in [1.165, 1.54) is 0 Å². The van der Waals surface area contributed by atoms with Crippen LogP contribution in [0, 0.1) is 0 Å². The van der Waals surface area contributed by atoms with E-state index in [2.05, 4.69) is 0 Å². The summed E-state index contributed by atoms with van der Waals surface area (Å²) in [7, 11) is -4.31. The third kappa shape index (κ3) is 1.91. The first-order chi connectivity index (χ1) is 4.61. The minimum absolute atomic E-state index is 0.291. The summed E-state index contributed by atoms with van der Waals surface area (Å²) in [5.74, 6) is 0. The molecule has 0 N–H and O–H groups in total. The average molecular weight is 168 g/mol. The lowest BCUT2D eigenvalue weighted by molar-refractivity contribution is 0.0976. The van der Waals surface area contributed by atoms with Gasteiger partial charge in [0.05, 0.1) is 5.25 Å². The van der Waals surface area contributed by atoms with Gasteiger partial charge in [0.15, 0.2) is 0 Å². The largest absolute Gasteiger partial charge is 0.381 e. The van der Waals surface area contributed by atoms with Crippen LogP contribution in [0.1, 0.15) is 12.8 Å². The Morgan fingerprint density at radius 2 is 1.80 bits per heavy atom. The maximum Gasteiger partial charge on any atom is 0.305 e. The van der Waals surface area contributed by atoms with Gasteiger partial charge in [0.25, 0.3) is 0 Å². The number of halogens is 1. The van der Waals surface area contributed by atoms with Crippen LogP contribution in [0.4, 0.5) is 3.89 Å². The molecule has 1 aliphatic rings. The molecular formula is C5H9FO3S. The van der Waals surface area contributed by atoms with Crippen molar-refractivity contribution in [2.45, 2.75) is 18.1 Å². The van der Waals surface area contributed by atoms with E-state index in [1.807, 2.05) is 0 Å². The number of rotatable bonds is 1. The van der Waals surface area contributed by atoms with Crippen molar-refractivity contribution in [2.24, 2.45) is 0 Å². The number of hydrogen-bond acceptors (Lipinski definition) is 3. The van der Waals surface area contributed by atoms with Gasteiger partial charge in [0.1, 0.15) is 0 Å². The monoisotopic (exact) mass is 168 g/mol. The highest BCUT2D eigenvalue weighted by molar-refractivity contribution is 7.87. The molecule has 5 heteroatoms. The second-order valence-electron chi connectivity index (χ2n) is 2.29. The predicted molar refractivity (Wildman–Crippen MR) is 33.9 cm³/mol. The second kappa shape index (κ2) is 2.84. The predicted octanol–water partition coefficient (Wildman–Crippen LogP) is 0.465. The van der Waals surface area contributed by atoms with Crippen molar-refractivity contribution in [1.82, 2.24) is 0 Å². The normalized spacial score (nSPS) is 22.9. The fourth-order valence-electron chi connectivity index (χ4n) is 0.957. The fraction of sp³-hybridized carbons (Fsp3) is 1.00. The summed E-state index contributed by atoms with van der Waals surface area (Å²) in [5, 5.41) is -0.818. The van der Waals surface area contributed by atoms with E-state index in [4.69, 9.17) is 4.74 Å². The molecule has 0 aromatic heterocycles. The van der Waals surface area contributed by atoms with Gasteiger partial charge in [-0.3, -0.25) is 0 Å². The Kier molecular flexibility index (Phi) is 2.25. The highest BCUT2D eigenvalue weighted by Crippen LogP contribution is 2.16. The molecule has 0 atom stereocenters. The highest BCUT2D eigenvalue weighted by atomic mass is 32.3. The van der Waals surface area contributed by atoms with Crippen molar-refractivity contribution >= 4 is 10.2 Å². The molecule has 0 aliphatic carbocycles. The Morgan fingerprint density at radius 1 is 1.30 bits per heavy atom. The van der Waals surface area contributed by atoms with E-state index >= 15 is 0 Å². The molecule has 1 fully saturated rings. The van der Waals surface area contributed by atoms with E-state index in [0.717, 1.165) is 0 Å². The molecule has 60 valence electrons. The zero-order chi connectivity index (χ0) is 7.61. The van der Waals surface area contributed by atoms with Crippen LogP contribution in [0.5, 0.6) is 0 Å². The fourth-order valence-corrected chi connectivity index (χ4v) is 1.71. The third-order valence-electron chi connectivity index (χ3n) is 1.57. The van der Waals surface area contributed by atoms with Gasteiger partial charge in [-0.25, -0.2) is 0 Å². The van der Waals surface area contributed by atoms with Crippen LogP contribution < -0.4 is 0 Å². The van der Waals surface area contributed by atoms with E-state index in [0.29, 0.717) is 26.1 Å². The summed E-state index contributed by atoms with van der Waals surface area (Å²) in [6.07, 6.45) is 0.581. The summed E-state index contributed by atoms with van der Waals surface area (Å²) in [6.45, 7) is 0.710. The van der Waals surface area contributed by atoms with Gasteiger partial charge < -0.3 is 4.74 Å². The number of hydrogen-bond donors (Lipinski definition) is 0. The molecule has 3 nitrogen and oxygen atoms in total. The Labute approximate surface area is 59.4 Å². The maximum atomic E-state index is 12.2. The number of ether oxygens (including phenoxy) is 1. The molecular weight excluding hydrogens is 159 g/mol. The van der Waals surface area contributed by atoms with Crippen molar-refractivity contribution in [3.63, 3.8) is 0 Å². The standard InChI is InChI=1S/C5H9FO3S/c6-10(7,8)5-1-3-9-4-2-5/h5H,1-4H2. The average Bonchev–Trinajstić information content (AvgIpc) is 1.88. The quantitative estimate of drug-likeness (QED) is 0.534. The lowest BCUT2D eigenvalue weighted by Crippen LogP contribution is -2.25. The first-order valence-electron chi connectivity index (χ1n) is 3.12. The van der Waals surface area contributed by atoms with Crippen LogP contribution in [0.25, 0.3) is 0 Å². The smallest absolute Gasteiger partial charge is 0.305 e. The SMILES string of the molecule is O=S(=O)(F)C1CCOCC1. The molecule has 0 radical (unpaired) electrons. The van der Waals surface area contributed by atoms with E-state index in [-0.39, 0.29) is 0 Å². The van der Waals surface area contributed by atoms with Crippen LogP contribution in [0.15, 0.2) is 0 Å². The van der Waals surface area contributed by atoms with Crippen molar-refractivity contribution in [3.8, 4) is 0 Å². The van der Waals surface area contributed by atoms with Crippen molar-refractivity contribution in [1.29, 1.82) is 0 Å². The van der Waals surface area contributed by atoms with Gasteiger partial charge in [-0.1, -0.05) is 0 Å². The first-order valence-corrected chi connectivity index (χ1v) is 4.56. The molecule has 10 heavy (non-hydrogen) atoms. The lowest BCUT2D eigenvalue weighted by Gasteiger charge is -2.17. The Bertz CT molecular complexity index is 193. The summed E-state index contributed by atoms with van der Waals surface area (Å²) in [4.78, 5) is 0. The summed E-state index contributed by atoms with van der Waals surface area (Å²) in [6, 6.07) is 0. The summed E-state index contributed by atoms with van der Waals surface area (Å²) in [5.41, 5.74) is 0. The van der Waals surface area contributed by atoms with Crippen LogP contribution in [-0.4, -0.2) is 26.9 Å². The lowest BCUT2D eigenvalue weighted by atomic mass is 10.2. The zero-order valence-electron chi connectivity index (χ0n) is 5.42. The van der Waals surface area contributed by atoms with Gasteiger partial charge in [0, 0.05) is 13.2 Å². The van der Waals surface area contributed by atoms with E-state index < -0.39 is 15.5 Å². The molecule has 0 saturated carbocycles. The molecule has 0 unspecified atom stereocenters. The zero-order valence-corrected chi connectivity index (χ0v) is 6.23. The van der Waals surface area contributed by atoms with Gasteiger partial charge >= 0.3 is 10.2 Å². The van der Waals surface area contributed by atoms with Crippen LogP contribution in [-0.2, 0) is 15.0 Å². The molecule has 0 aromatic rings. The van der Waals surface area contributed by atoms with Crippen LogP contribution >= 0.6 is 0 Å². The van der Waals surface area contributed by atoms with Gasteiger partial charge in [-0.15, -0.1) is 3.89 Å². The Hall–Kier alpha value is -0.160. The molecule has 1 saturated heterocycles. The van der Waals surface area contributed by atoms with Crippen molar-refractivity contribution < 1.29 is 17.0 Å². The third-order valence-corrected chi connectivity index (χ3v) is 2.83. The van der Waals surface area contributed by atoms with Crippen molar-refractivity contribution in [2.75, 3.05) is 13.2 Å². The van der Waals surface area contributed by atoms with Crippen LogP contribution in [0.3, 0.4) is 0 Å². The molecule has 0 aromatic carbocycles. The summed E-state index contributed by atoms with van der Waals surface area (Å²) >= 11 is 0. The molecule has 0 bridgehead atoms. The van der Waals surface area contributed by atoms with E-state index in [9.17, 15) is 12.3 Å². The molecule has 0 spiro atoms. The molecule has 0 amide bonds. The summed E-state index contributed by atoms with van der Waals surface area (Å²) < 4.78 is 37.6. The van der Waals surface area contributed by atoms with Crippen molar-refractivity contribution in [3.05, 3.63) is 0 Å².